The highest BCUT2D eigenvalue weighted by Gasteiger charge is 2.18. The summed E-state index contributed by atoms with van der Waals surface area (Å²) in [4.78, 5) is 0. The summed E-state index contributed by atoms with van der Waals surface area (Å²) < 4.78 is 10.7. The predicted molar refractivity (Wildman–Crippen MR) is 81.3 cm³/mol. The van der Waals surface area contributed by atoms with Gasteiger partial charge in [0.15, 0.2) is 0 Å². The minimum atomic E-state index is -0.278. The van der Waals surface area contributed by atoms with E-state index in [4.69, 9.17) is 32.7 Å². The lowest BCUT2D eigenvalue weighted by atomic mass is 10.0. The maximum Gasteiger partial charge on any atom is 0.122 e. The Kier molecular flexibility index (Phi) is 3.77. The second-order valence-corrected chi connectivity index (χ2v) is 5.56. The molecule has 0 aromatic heterocycles. The third-order valence-electron chi connectivity index (χ3n) is 3.49. The molecule has 0 amide bonds. The number of hydrogen-bond donors (Lipinski definition) is 0. The van der Waals surface area contributed by atoms with Crippen molar-refractivity contribution in [1.29, 1.82) is 0 Å². The normalized spacial score (nSPS) is 14.6. The first-order valence-electron chi connectivity index (χ1n) is 6.42. The number of rotatable bonds is 3. The van der Waals surface area contributed by atoms with Crippen LogP contribution in [0.4, 0.5) is 0 Å². The molecule has 2 nitrogen and oxygen atoms in total. The molecule has 0 spiro atoms. The molecule has 2 aromatic rings. The van der Waals surface area contributed by atoms with Crippen molar-refractivity contribution in [2.75, 3.05) is 13.7 Å². The first-order valence-corrected chi connectivity index (χ1v) is 7.23. The van der Waals surface area contributed by atoms with E-state index in [1.165, 1.54) is 5.56 Å². The van der Waals surface area contributed by atoms with E-state index in [1.54, 1.807) is 13.2 Å². The summed E-state index contributed by atoms with van der Waals surface area (Å²) in [5, 5.41) is 0.334. The van der Waals surface area contributed by atoms with Crippen molar-refractivity contribution in [1.82, 2.24) is 0 Å². The van der Waals surface area contributed by atoms with Gasteiger partial charge in [-0.1, -0.05) is 29.8 Å². The highest BCUT2D eigenvalue weighted by Crippen LogP contribution is 2.37. The smallest absolute Gasteiger partial charge is 0.122 e. The molecular weight excluding hydrogens is 295 g/mol. The van der Waals surface area contributed by atoms with Crippen LogP contribution in [0.2, 0.25) is 5.02 Å². The van der Waals surface area contributed by atoms with Crippen LogP contribution in [0.25, 0.3) is 0 Å². The van der Waals surface area contributed by atoms with Gasteiger partial charge in [0.1, 0.15) is 11.5 Å². The zero-order chi connectivity index (χ0) is 14.1. The molecule has 104 valence electrons. The maximum absolute atomic E-state index is 6.57. The van der Waals surface area contributed by atoms with Crippen molar-refractivity contribution in [3.05, 3.63) is 58.1 Å². The molecule has 0 radical (unpaired) electrons. The number of methoxy groups -OCH3 is 1. The Morgan fingerprint density at radius 2 is 2.05 bits per heavy atom. The number of hydrogen-bond acceptors (Lipinski definition) is 2. The van der Waals surface area contributed by atoms with Gasteiger partial charge in [-0.25, -0.2) is 0 Å². The molecule has 1 unspecified atom stereocenters. The van der Waals surface area contributed by atoms with Crippen LogP contribution in [-0.2, 0) is 6.42 Å². The summed E-state index contributed by atoms with van der Waals surface area (Å²) in [7, 11) is 1.62. The predicted octanol–water partition coefficient (Wildman–Crippen LogP) is 4.61. The van der Waals surface area contributed by atoms with Gasteiger partial charge in [-0.3, -0.25) is 0 Å². The Bertz CT molecular complexity index is 640. The summed E-state index contributed by atoms with van der Waals surface area (Å²) in [6, 6.07) is 11.6. The van der Waals surface area contributed by atoms with Crippen molar-refractivity contribution < 1.29 is 9.47 Å². The molecule has 1 heterocycles. The standard InChI is InChI=1S/C16H14Cl2O2/c1-19-12-3-4-13(14(17)9-12)16(18)11-2-5-15-10(8-11)6-7-20-15/h2-5,8-9,16H,6-7H2,1H3. The molecular formula is C16H14Cl2O2. The second-order valence-electron chi connectivity index (χ2n) is 4.72. The van der Waals surface area contributed by atoms with E-state index < -0.39 is 0 Å². The molecule has 2 aromatic carbocycles. The molecule has 4 heteroatoms. The lowest BCUT2D eigenvalue weighted by Gasteiger charge is -2.14. The van der Waals surface area contributed by atoms with Crippen LogP contribution in [0.15, 0.2) is 36.4 Å². The molecule has 20 heavy (non-hydrogen) atoms. The van der Waals surface area contributed by atoms with Gasteiger partial charge < -0.3 is 9.47 Å². The molecule has 1 aliphatic rings. The van der Waals surface area contributed by atoms with Crippen LogP contribution in [0, 0.1) is 0 Å². The van der Waals surface area contributed by atoms with Crippen LogP contribution in [0.5, 0.6) is 11.5 Å². The number of halogens is 2. The number of ether oxygens (including phenoxy) is 2. The van der Waals surface area contributed by atoms with E-state index >= 15 is 0 Å². The van der Waals surface area contributed by atoms with Gasteiger partial charge in [0, 0.05) is 11.4 Å². The first kappa shape index (κ1) is 13.6. The Labute approximate surface area is 128 Å². The third-order valence-corrected chi connectivity index (χ3v) is 4.30. The number of alkyl halides is 1. The van der Waals surface area contributed by atoms with Crippen LogP contribution < -0.4 is 9.47 Å². The zero-order valence-electron chi connectivity index (χ0n) is 11.0. The van der Waals surface area contributed by atoms with E-state index in [2.05, 4.69) is 6.07 Å². The summed E-state index contributed by atoms with van der Waals surface area (Å²) in [6.07, 6.45) is 0.934. The lowest BCUT2D eigenvalue weighted by Crippen LogP contribution is -1.96. The minimum absolute atomic E-state index is 0.278. The third kappa shape index (κ3) is 2.46. The molecule has 1 aliphatic heterocycles. The van der Waals surface area contributed by atoms with Crippen LogP contribution in [0.1, 0.15) is 22.1 Å². The summed E-state index contributed by atoms with van der Waals surface area (Å²) >= 11 is 12.8. The zero-order valence-corrected chi connectivity index (χ0v) is 12.5. The maximum atomic E-state index is 6.57. The Balaban J connectivity index is 1.94. The van der Waals surface area contributed by atoms with Gasteiger partial charge in [0.2, 0.25) is 0 Å². The van der Waals surface area contributed by atoms with E-state index in [9.17, 15) is 0 Å². The SMILES string of the molecule is COc1ccc(C(Cl)c2ccc3c(c2)CCO3)c(Cl)c1. The second kappa shape index (κ2) is 5.55. The highest BCUT2D eigenvalue weighted by atomic mass is 35.5. The Morgan fingerprint density at radius 3 is 2.80 bits per heavy atom. The topological polar surface area (TPSA) is 18.5 Å². The van der Waals surface area contributed by atoms with Crippen molar-refractivity contribution in [3.63, 3.8) is 0 Å². The van der Waals surface area contributed by atoms with Crippen LogP contribution in [-0.4, -0.2) is 13.7 Å². The quantitative estimate of drug-likeness (QED) is 0.771. The fourth-order valence-corrected chi connectivity index (χ4v) is 3.05. The molecule has 0 saturated carbocycles. The minimum Gasteiger partial charge on any atom is -0.497 e. The fraction of sp³-hybridized carbons (Fsp3) is 0.250. The van der Waals surface area contributed by atoms with Gasteiger partial charge >= 0.3 is 0 Å². The summed E-state index contributed by atoms with van der Waals surface area (Å²) in [6.45, 7) is 0.745. The molecule has 3 rings (SSSR count). The molecule has 0 aliphatic carbocycles. The van der Waals surface area contributed by atoms with Gasteiger partial charge in [-0.2, -0.15) is 0 Å². The average molecular weight is 309 g/mol. The molecule has 0 saturated heterocycles. The average Bonchev–Trinajstić information content (AvgIpc) is 2.93. The Hall–Kier alpha value is -1.38. The molecule has 0 N–H and O–H groups in total. The lowest BCUT2D eigenvalue weighted by molar-refractivity contribution is 0.357. The van der Waals surface area contributed by atoms with Crippen LogP contribution in [0.3, 0.4) is 0 Å². The fourth-order valence-electron chi connectivity index (χ4n) is 2.38. The van der Waals surface area contributed by atoms with Gasteiger partial charge in [-0.15, -0.1) is 11.6 Å². The summed E-state index contributed by atoms with van der Waals surface area (Å²) in [5.41, 5.74) is 3.12. The van der Waals surface area contributed by atoms with Crippen molar-refractivity contribution in [2.24, 2.45) is 0 Å². The van der Waals surface area contributed by atoms with E-state index in [0.717, 1.165) is 35.7 Å². The molecule has 0 fully saturated rings. The number of fused-ring (bicyclic) bond motifs is 1. The summed E-state index contributed by atoms with van der Waals surface area (Å²) in [5.74, 6) is 1.68. The monoisotopic (exact) mass is 308 g/mol. The van der Waals surface area contributed by atoms with Crippen LogP contribution >= 0.6 is 23.2 Å². The van der Waals surface area contributed by atoms with Gasteiger partial charge in [0.05, 0.1) is 19.1 Å². The molecule has 0 bridgehead atoms. The number of benzene rings is 2. The largest absolute Gasteiger partial charge is 0.497 e. The van der Waals surface area contributed by atoms with Crippen molar-refractivity contribution in [3.8, 4) is 11.5 Å². The Morgan fingerprint density at radius 1 is 1.20 bits per heavy atom. The van der Waals surface area contributed by atoms with Crippen molar-refractivity contribution in [2.45, 2.75) is 11.8 Å². The van der Waals surface area contributed by atoms with Crippen molar-refractivity contribution >= 4 is 23.2 Å². The molecule has 1 atom stereocenters. The highest BCUT2D eigenvalue weighted by molar-refractivity contribution is 6.33. The first-order chi connectivity index (χ1) is 9.69. The van der Waals surface area contributed by atoms with Gasteiger partial charge in [-0.05, 0) is 34.9 Å². The van der Waals surface area contributed by atoms with E-state index in [1.807, 2.05) is 24.3 Å². The van der Waals surface area contributed by atoms with E-state index in [0.29, 0.717) is 5.02 Å². The van der Waals surface area contributed by atoms with Gasteiger partial charge in [0.25, 0.3) is 0 Å². The van der Waals surface area contributed by atoms with E-state index in [-0.39, 0.29) is 5.38 Å².